The van der Waals surface area contributed by atoms with Crippen molar-refractivity contribution in [2.24, 2.45) is 0 Å². The molecule has 9 nitrogen and oxygen atoms in total. The number of carbonyl (C=O) groups excluding carboxylic acids is 2. The van der Waals surface area contributed by atoms with E-state index in [1.807, 2.05) is 0 Å². The fourth-order valence-corrected chi connectivity index (χ4v) is 5.95. The number of nitrogens with zero attached hydrogens (tertiary/aromatic N) is 1. The van der Waals surface area contributed by atoms with Crippen LogP contribution in [-0.2, 0) is 17.6 Å². The van der Waals surface area contributed by atoms with Gasteiger partial charge >= 0.3 is 0 Å². The third-order valence-corrected chi connectivity index (χ3v) is 7.76. The third-order valence-electron chi connectivity index (χ3n) is 6.55. The molecule has 2 aliphatic rings. The molecule has 0 radical (unpaired) electrons. The maximum Gasteiger partial charge on any atom is 0.278 e. The van der Waals surface area contributed by atoms with Crippen molar-refractivity contribution in [3.8, 4) is 22.8 Å². The Balaban J connectivity index is 1.35. The monoisotopic (exact) mass is 511 g/mol. The van der Waals surface area contributed by atoms with E-state index < -0.39 is 5.91 Å². The molecule has 0 saturated carbocycles. The van der Waals surface area contributed by atoms with Gasteiger partial charge in [-0.15, -0.1) is 11.3 Å². The summed E-state index contributed by atoms with van der Waals surface area (Å²) >= 11 is 1.47. The summed E-state index contributed by atoms with van der Waals surface area (Å²) in [6.07, 6.45) is 5.86. The molecule has 1 fully saturated rings. The molecule has 1 aliphatic carbocycles. The van der Waals surface area contributed by atoms with E-state index in [0.717, 1.165) is 55.6 Å². The van der Waals surface area contributed by atoms with Gasteiger partial charge in [-0.1, -0.05) is 5.16 Å². The van der Waals surface area contributed by atoms with Gasteiger partial charge in [-0.05, 0) is 62.3 Å². The first kappa shape index (κ1) is 24.3. The Labute approximate surface area is 213 Å². The van der Waals surface area contributed by atoms with E-state index in [9.17, 15) is 9.59 Å². The first-order valence-corrected chi connectivity index (χ1v) is 12.9. The molecular formula is C26H29N3O6S. The Morgan fingerprint density at radius 3 is 2.69 bits per heavy atom. The molecular weight excluding hydrogens is 482 g/mol. The van der Waals surface area contributed by atoms with E-state index in [0.29, 0.717) is 39.9 Å². The number of ether oxygens (including phenoxy) is 3. The number of nitrogens with one attached hydrogen (secondary N) is 2. The van der Waals surface area contributed by atoms with Gasteiger partial charge in [0.05, 0.1) is 25.9 Å². The van der Waals surface area contributed by atoms with Crippen molar-refractivity contribution in [2.45, 2.75) is 44.6 Å². The van der Waals surface area contributed by atoms with Crippen LogP contribution in [0.1, 0.15) is 57.0 Å². The second kappa shape index (κ2) is 10.7. The van der Waals surface area contributed by atoms with Gasteiger partial charge in [0, 0.05) is 29.7 Å². The number of aromatic nitrogens is 1. The molecule has 2 amide bonds. The van der Waals surface area contributed by atoms with Crippen LogP contribution >= 0.6 is 11.3 Å². The molecule has 1 aromatic carbocycles. The number of amides is 2. The maximum atomic E-state index is 13.2. The molecule has 5 rings (SSSR count). The largest absolute Gasteiger partial charge is 0.493 e. The summed E-state index contributed by atoms with van der Waals surface area (Å²) < 4.78 is 21.7. The van der Waals surface area contributed by atoms with Crippen molar-refractivity contribution < 1.29 is 28.3 Å². The highest BCUT2D eigenvalue weighted by Gasteiger charge is 2.28. The summed E-state index contributed by atoms with van der Waals surface area (Å²) in [7, 11) is 3.11. The summed E-state index contributed by atoms with van der Waals surface area (Å²) in [5.74, 6) is 0.940. The highest BCUT2D eigenvalue weighted by atomic mass is 32.1. The van der Waals surface area contributed by atoms with Crippen molar-refractivity contribution in [1.82, 2.24) is 10.5 Å². The number of methoxy groups -OCH3 is 2. The Hall–Kier alpha value is -3.37. The number of carbonyl (C=O) groups is 2. The number of hydrogen-bond acceptors (Lipinski definition) is 8. The SMILES string of the molecule is COc1ccc(-c2cc(C(=O)Nc3sc4c(c3C(=O)NC[C@@H]3CCCO3)CCCC4)no2)cc1OC. The predicted molar refractivity (Wildman–Crippen MR) is 135 cm³/mol. The molecule has 0 bridgehead atoms. The molecule has 1 aliphatic heterocycles. The summed E-state index contributed by atoms with van der Waals surface area (Å²) in [5, 5.41) is 10.4. The minimum Gasteiger partial charge on any atom is -0.493 e. The second-order valence-corrected chi connectivity index (χ2v) is 9.97. The van der Waals surface area contributed by atoms with Crippen LogP contribution in [0.25, 0.3) is 11.3 Å². The summed E-state index contributed by atoms with van der Waals surface area (Å²) in [4.78, 5) is 27.5. The lowest BCUT2D eigenvalue weighted by atomic mass is 9.95. The second-order valence-electron chi connectivity index (χ2n) is 8.86. The molecule has 3 aromatic rings. The number of anilines is 1. The van der Waals surface area contributed by atoms with E-state index in [2.05, 4.69) is 15.8 Å². The van der Waals surface area contributed by atoms with E-state index in [1.165, 1.54) is 11.3 Å². The standard InChI is InChI=1S/C26H29N3O6S/c1-32-19-10-9-15(12-21(19)33-2)20-13-18(29-35-20)24(30)28-26-23(17-7-3-4-8-22(17)36-26)25(31)27-14-16-6-5-11-34-16/h9-10,12-13,16H,3-8,11,14H2,1-2H3,(H,27,31)(H,28,30)/t16-/m0/s1. The molecule has 36 heavy (non-hydrogen) atoms. The average molecular weight is 512 g/mol. The van der Waals surface area contributed by atoms with Gasteiger partial charge in [0.2, 0.25) is 0 Å². The lowest BCUT2D eigenvalue weighted by Gasteiger charge is -2.15. The van der Waals surface area contributed by atoms with E-state index in [-0.39, 0.29) is 17.7 Å². The fraction of sp³-hybridized carbons (Fsp3) is 0.423. The molecule has 2 aromatic heterocycles. The summed E-state index contributed by atoms with van der Waals surface area (Å²) in [6, 6.07) is 6.88. The summed E-state index contributed by atoms with van der Waals surface area (Å²) in [5.41, 5.74) is 2.42. The van der Waals surface area contributed by atoms with Gasteiger partial charge in [-0.25, -0.2) is 0 Å². The first-order chi connectivity index (χ1) is 17.6. The molecule has 2 N–H and O–H groups in total. The number of rotatable bonds is 8. The quantitative estimate of drug-likeness (QED) is 0.459. The van der Waals surface area contributed by atoms with E-state index >= 15 is 0 Å². The zero-order valence-electron chi connectivity index (χ0n) is 20.3. The maximum absolute atomic E-state index is 13.2. The van der Waals surface area contributed by atoms with Gasteiger partial charge in [0.1, 0.15) is 5.00 Å². The van der Waals surface area contributed by atoms with Crippen LogP contribution < -0.4 is 20.1 Å². The van der Waals surface area contributed by atoms with E-state index in [4.69, 9.17) is 18.7 Å². The average Bonchev–Trinajstić information content (AvgIpc) is 3.66. The van der Waals surface area contributed by atoms with Crippen LogP contribution in [0.2, 0.25) is 0 Å². The van der Waals surface area contributed by atoms with Crippen molar-refractivity contribution in [2.75, 3.05) is 32.7 Å². The molecule has 0 spiro atoms. The number of hydrogen-bond donors (Lipinski definition) is 2. The van der Waals surface area contributed by atoms with Gasteiger partial charge in [-0.3, -0.25) is 9.59 Å². The molecule has 10 heteroatoms. The Morgan fingerprint density at radius 1 is 1.08 bits per heavy atom. The Morgan fingerprint density at radius 2 is 1.92 bits per heavy atom. The minimum atomic E-state index is -0.433. The zero-order chi connectivity index (χ0) is 25.1. The minimum absolute atomic E-state index is 0.0478. The normalized spacial score (nSPS) is 16.9. The van der Waals surface area contributed by atoms with Crippen molar-refractivity contribution in [1.29, 1.82) is 0 Å². The van der Waals surface area contributed by atoms with Gasteiger partial charge in [0.15, 0.2) is 23.0 Å². The Kier molecular flexibility index (Phi) is 7.24. The smallest absolute Gasteiger partial charge is 0.278 e. The topological polar surface area (TPSA) is 112 Å². The molecule has 0 unspecified atom stereocenters. The van der Waals surface area contributed by atoms with Crippen LogP contribution in [-0.4, -0.2) is 50.4 Å². The molecule has 1 saturated heterocycles. The third kappa shape index (κ3) is 4.96. The van der Waals surface area contributed by atoms with E-state index in [1.54, 1.807) is 38.5 Å². The number of fused-ring (bicyclic) bond motifs is 1. The first-order valence-electron chi connectivity index (χ1n) is 12.1. The van der Waals surface area contributed by atoms with Crippen LogP contribution in [0, 0.1) is 0 Å². The number of aryl methyl sites for hydroxylation is 1. The van der Waals surface area contributed by atoms with Gasteiger partial charge < -0.3 is 29.4 Å². The molecule has 190 valence electrons. The zero-order valence-corrected chi connectivity index (χ0v) is 21.2. The Bertz CT molecular complexity index is 1260. The molecule has 3 heterocycles. The fourth-order valence-electron chi connectivity index (χ4n) is 4.67. The van der Waals surface area contributed by atoms with Crippen LogP contribution in [0.5, 0.6) is 11.5 Å². The van der Waals surface area contributed by atoms with Crippen molar-refractivity contribution in [3.05, 3.63) is 46.0 Å². The van der Waals surface area contributed by atoms with Crippen LogP contribution in [0.4, 0.5) is 5.00 Å². The highest BCUT2D eigenvalue weighted by Crippen LogP contribution is 2.39. The highest BCUT2D eigenvalue weighted by molar-refractivity contribution is 7.17. The van der Waals surface area contributed by atoms with Crippen molar-refractivity contribution in [3.63, 3.8) is 0 Å². The predicted octanol–water partition coefficient (Wildman–Crippen LogP) is 4.46. The summed E-state index contributed by atoms with van der Waals surface area (Å²) in [6.45, 7) is 1.20. The molecule has 1 atom stereocenters. The van der Waals surface area contributed by atoms with Crippen LogP contribution in [0.15, 0.2) is 28.8 Å². The van der Waals surface area contributed by atoms with Crippen LogP contribution in [0.3, 0.4) is 0 Å². The number of thiophene rings is 1. The van der Waals surface area contributed by atoms with Gasteiger partial charge in [-0.2, -0.15) is 0 Å². The lowest BCUT2D eigenvalue weighted by Crippen LogP contribution is -2.32. The van der Waals surface area contributed by atoms with Crippen molar-refractivity contribution >= 4 is 28.2 Å². The lowest BCUT2D eigenvalue weighted by molar-refractivity contribution is 0.0858. The number of benzene rings is 1. The van der Waals surface area contributed by atoms with Gasteiger partial charge in [0.25, 0.3) is 11.8 Å².